The Labute approximate surface area is 126 Å². The monoisotopic (exact) mass is 326 g/mol. The molecule has 7 nitrogen and oxygen atoms in total. The molecule has 2 aromatic heterocycles. The van der Waals surface area contributed by atoms with Crippen LogP contribution in [0.1, 0.15) is 21.1 Å². The van der Waals surface area contributed by atoms with Crippen LogP contribution in [-0.4, -0.2) is 30.8 Å². The number of nitrogens with two attached hydrogens (primary N) is 1. The van der Waals surface area contributed by atoms with Gasteiger partial charge in [0.1, 0.15) is 9.90 Å². The molecule has 0 radical (unpaired) electrons. The number of nitrogens with zero attached hydrogens (tertiary/aromatic N) is 2. The molecule has 2 aromatic rings. The third-order valence-corrected chi connectivity index (χ3v) is 5.17. The van der Waals surface area contributed by atoms with Gasteiger partial charge in [0.25, 0.3) is 5.91 Å². The molecule has 3 N–H and O–H groups in total. The van der Waals surface area contributed by atoms with Crippen LogP contribution in [-0.2, 0) is 16.4 Å². The highest BCUT2D eigenvalue weighted by molar-refractivity contribution is 7.91. The van der Waals surface area contributed by atoms with Crippen LogP contribution in [0.4, 0.5) is 0 Å². The van der Waals surface area contributed by atoms with E-state index in [9.17, 15) is 13.2 Å². The molecule has 0 unspecified atom stereocenters. The van der Waals surface area contributed by atoms with E-state index in [1.807, 2.05) is 0 Å². The van der Waals surface area contributed by atoms with E-state index in [2.05, 4.69) is 15.3 Å². The summed E-state index contributed by atoms with van der Waals surface area (Å²) in [6.07, 6.45) is 3.45. The maximum atomic E-state index is 11.8. The Morgan fingerprint density at radius 1 is 1.33 bits per heavy atom. The van der Waals surface area contributed by atoms with Crippen molar-refractivity contribution in [2.24, 2.45) is 5.14 Å². The van der Waals surface area contributed by atoms with Crippen molar-refractivity contribution in [1.29, 1.82) is 0 Å². The van der Waals surface area contributed by atoms with Gasteiger partial charge in [0, 0.05) is 17.6 Å². The number of amides is 1. The zero-order valence-electron chi connectivity index (χ0n) is 11.2. The smallest absolute Gasteiger partial charge is 0.271 e. The number of primary sulfonamides is 1. The summed E-state index contributed by atoms with van der Waals surface area (Å²) in [7, 11) is -3.66. The Kier molecular flexibility index (Phi) is 4.66. The van der Waals surface area contributed by atoms with E-state index in [-0.39, 0.29) is 15.8 Å². The normalized spacial score (nSPS) is 11.3. The minimum absolute atomic E-state index is 0.119. The van der Waals surface area contributed by atoms with Gasteiger partial charge in [-0.25, -0.2) is 18.5 Å². The van der Waals surface area contributed by atoms with Crippen LogP contribution in [0.2, 0.25) is 0 Å². The van der Waals surface area contributed by atoms with E-state index in [1.165, 1.54) is 18.5 Å². The van der Waals surface area contributed by atoms with Gasteiger partial charge in [-0.15, -0.1) is 11.3 Å². The number of carbonyl (C=O) groups is 1. The SMILES string of the molecule is Cc1cnc(C(=O)NCCc2ccc(S(N)(=O)=O)s2)cn1. The molecule has 21 heavy (non-hydrogen) atoms. The molecule has 0 bridgehead atoms. The highest BCUT2D eigenvalue weighted by Crippen LogP contribution is 2.20. The number of thiophene rings is 1. The fraction of sp³-hybridized carbons (Fsp3) is 0.250. The zero-order chi connectivity index (χ0) is 15.5. The molecule has 0 atom stereocenters. The average molecular weight is 326 g/mol. The van der Waals surface area contributed by atoms with Crippen LogP contribution in [0.3, 0.4) is 0 Å². The molecule has 0 spiro atoms. The minimum atomic E-state index is -3.66. The molecule has 0 aliphatic heterocycles. The summed E-state index contributed by atoms with van der Waals surface area (Å²) in [5, 5.41) is 7.73. The first-order chi connectivity index (χ1) is 9.86. The van der Waals surface area contributed by atoms with E-state index in [4.69, 9.17) is 5.14 Å². The third-order valence-electron chi connectivity index (χ3n) is 2.59. The highest BCUT2D eigenvalue weighted by atomic mass is 32.2. The van der Waals surface area contributed by atoms with Crippen molar-refractivity contribution >= 4 is 27.3 Å². The van der Waals surface area contributed by atoms with Crippen molar-refractivity contribution in [3.05, 3.63) is 40.8 Å². The summed E-state index contributed by atoms with van der Waals surface area (Å²) in [6.45, 7) is 2.16. The molecule has 0 saturated carbocycles. The fourth-order valence-corrected chi connectivity index (χ4v) is 3.32. The minimum Gasteiger partial charge on any atom is -0.350 e. The molecular formula is C12H14N4O3S2. The van der Waals surface area contributed by atoms with Crippen molar-refractivity contribution in [1.82, 2.24) is 15.3 Å². The molecule has 1 amide bonds. The quantitative estimate of drug-likeness (QED) is 0.828. The van der Waals surface area contributed by atoms with Gasteiger partial charge < -0.3 is 5.32 Å². The van der Waals surface area contributed by atoms with E-state index >= 15 is 0 Å². The van der Waals surface area contributed by atoms with E-state index in [0.29, 0.717) is 13.0 Å². The van der Waals surface area contributed by atoms with Crippen molar-refractivity contribution in [3.8, 4) is 0 Å². The van der Waals surface area contributed by atoms with Crippen LogP contribution in [0.25, 0.3) is 0 Å². The van der Waals surface area contributed by atoms with Crippen LogP contribution < -0.4 is 10.5 Å². The van der Waals surface area contributed by atoms with Gasteiger partial charge in [0.05, 0.1) is 11.9 Å². The summed E-state index contributed by atoms with van der Waals surface area (Å²) in [5.41, 5.74) is 0.984. The van der Waals surface area contributed by atoms with Crippen LogP contribution in [0.5, 0.6) is 0 Å². The Hall–Kier alpha value is -1.84. The second kappa shape index (κ2) is 6.29. The lowest BCUT2D eigenvalue weighted by Crippen LogP contribution is -2.26. The third kappa shape index (κ3) is 4.31. The van der Waals surface area contributed by atoms with Crippen LogP contribution >= 0.6 is 11.3 Å². The van der Waals surface area contributed by atoms with E-state index < -0.39 is 10.0 Å². The Morgan fingerprint density at radius 2 is 2.10 bits per heavy atom. The average Bonchev–Trinajstić information content (AvgIpc) is 2.88. The number of aromatic nitrogens is 2. The predicted molar refractivity (Wildman–Crippen MR) is 78.5 cm³/mol. The zero-order valence-corrected chi connectivity index (χ0v) is 12.9. The molecule has 0 fully saturated rings. The fourth-order valence-electron chi connectivity index (χ4n) is 1.55. The summed E-state index contributed by atoms with van der Waals surface area (Å²) >= 11 is 1.10. The molecule has 0 aliphatic carbocycles. The van der Waals surface area contributed by atoms with Crippen molar-refractivity contribution in [2.75, 3.05) is 6.54 Å². The maximum absolute atomic E-state index is 11.8. The molecule has 2 heterocycles. The second-order valence-electron chi connectivity index (χ2n) is 4.31. The number of hydrogen-bond donors (Lipinski definition) is 2. The molecule has 0 saturated heterocycles. The Bertz CT molecular complexity index is 738. The predicted octanol–water partition coefficient (Wildman–Crippen LogP) is 0.466. The second-order valence-corrected chi connectivity index (χ2v) is 7.27. The molecular weight excluding hydrogens is 312 g/mol. The van der Waals surface area contributed by atoms with Crippen LogP contribution in [0.15, 0.2) is 28.7 Å². The Morgan fingerprint density at radius 3 is 2.67 bits per heavy atom. The van der Waals surface area contributed by atoms with Crippen molar-refractivity contribution in [3.63, 3.8) is 0 Å². The molecule has 0 aliphatic rings. The van der Waals surface area contributed by atoms with Crippen molar-refractivity contribution < 1.29 is 13.2 Å². The lowest BCUT2D eigenvalue weighted by Gasteiger charge is -2.03. The van der Waals surface area contributed by atoms with Gasteiger partial charge in [-0.2, -0.15) is 0 Å². The lowest BCUT2D eigenvalue weighted by atomic mass is 10.3. The summed E-state index contributed by atoms with van der Waals surface area (Å²) in [6, 6.07) is 3.14. The van der Waals surface area contributed by atoms with Gasteiger partial charge in [-0.05, 0) is 25.5 Å². The standard InChI is InChI=1S/C12H14N4O3S2/c1-8-6-16-10(7-15-8)12(17)14-5-4-9-2-3-11(20-9)21(13,18)19/h2-3,6-7H,4-5H2,1H3,(H,14,17)(H2,13,18,19). The number of nitrogens with one attached hydrogen (secondary N) is 1. The van der Waals surface area contributed by atoms with Gasteiger partial charge in [-0.1, -0.05) is 0 Å². The number of sulfonamides is 1. The summed E-state index contributed by atoms with van der Waals surface area (Å²) in [4.78, 5) is 20.6. The summed E-state index contributed by atoms with van der Waals surface area (Å²) < 4.78 is 22.4. The maximum Gasteiger partial charge on any atom is 0.271 e. The number of rotatable bonds is 5. The topological polar surface area (TPSA) is 115 Å². The number of carbonyl (C=O) groups excluding carboxylic acids is 1. The molecule has 2 rings (SSSR count). The first kappa shape index (κ1) is 15.5. The number of hydrogen-bond acceptors (Lipinski definition) is 6. The molecule has 112 valence electrons. The van der Waals surface area contributed by atoms with E-state index in [1.54, 1.807) is 13.0 Å². The highest BCUT2D eigenvalue weighted by Gasteiger charge is 2.11. The first-order valence-electron chi connectivity index (χ1n) is 6.04. The van der Waals surface area contributed by atoms with Gasteiger partial charge in [0.15, 0.2) is 0 Å². The Balaban J connectivity index is 1.88. The van der Waals surface area contributed by atoms with Gasteiger partial charge in [0.2, 0.25) is 10.0 Å². The van der Waals surface area contributed by atoms with Crippen molar-refractivity contribution in [2.45, 2.75) is 17.6 Å². The first-order valence-corrected chi connectivity index (χ1v) is 8.41. The van der Waals surface area contributed by atoms with Crippen LogP contribution in [0, 0.1) is 6.92 Å². The molecule has 9 heteroatoms. The molecule has 0 aromatic carbocycles. The largest absolute Gasteiger partial charge is 0.350 e. The lowest BCUT2D eigenvalue weighted by molar-refractivity contribution is 0.0949. The van der Waals surface area contributed by atoms with E-state index in [0.717, 1.165) is 21.9 Å². The van der Waals surface area contributed by atoms with Gasteiger partial charge in [-0.3, -0.25) is 9.78 Å². The van der Waals surface area contributed by atoms with Gasteiger partial charge >= 0.3 is 0 Å². The number of aryl methyl sites for hydroxylation is 1. The summed E-state index contributed by atoms with van der Waals surface area (Å²) in [5.74, 6) is -0.314.